The van der Waals surface area contributed by atoms with Gasteiger partial charge in [-0.25, -0.2) is 4.39 Å². The fourth-order valence-electron chi connectivity index (χ4n) is 2.54. The Hall–Kier alpha value is -2.36. The molecule has 0 fully saturated rings. The van der Waals surface area contributed by atoms with E-state index in [9.17, 15) is 9.18 Å². The second-order valence-electron chi connectivity index (χ2n) is 5.44. The summed E-state index contributed by atoms with van der Waals surface area (Å²) in [6.45, 7) is 1.17. The van der Waals surface area contributed by atoms with Gasteiger partial charge in [-0.15, -0.1) is 0 Å². The summed E-state index contributed by atoms with van der Waals surface area (Å²) in [5.41, 5.74) is 3.27. The zero-order valence-corrected chi connectivity index (χ0v) is 12.3. The molecule has 2 aromatic carbocycles. The third-order valence-electron chi connectivity index (χ3n) is 3.80. The van der Waals surface area contributed by atoms with Gasteiger partial charge in [0.15, 0.2) is 0 Å². The van der Waals surface area contributed by atoms with Gasteiger partial charge in [0.25, 0.3) is 0 Å². The van der Waals surface area contributed by atoms with E-state index < -0.39 is 0 Å². The number of rotatable bonds is 5. The highest BCUT2D eigenvalue weighted by Crippen LogP contribution is 2.26. The molecule has 1 amide bonds. The minimum absolute atomic E-state index is 0.000994. The van der Waals surface area contributed by atoms with E-state index in [1.165, 1.54) is 17.7 Å². The normalized spacial score (nSPS) is 12.6. The van der Waals surface area contributed by atoms with Gasteiger partial charge in [-0.05, 0) is 41.3 Å². The van der Waals surface area contributed by atoms with Crippen LogP contribution in [0.1, 0.15) is 23.1 Å². The molecular formula is C18H18FNO2. The van der Waals surface area contributed by atoms with Crippen LogP contribution in [0.3, 0.4) is 0 Å². The van der Waals surface area contributed by atoms with Crippen LogP contribution in [0, 0.1) is 5.82 Å². The average molecular weight is 299 g/mol. The van der Waals surface area contributed by atoms with Gasteiger partial charge >= 0.3 is 0 Å². The van der Waals surface area contributed by atoms with Gasteiger partial charge in [0.05, 0.1) is 6.61 Å². The molecule has 0 saturated heterocycles. The van der Waals surface area contributed by atoms with Crippen LogP contribution in [0.4, 0.5) is 4.39 Å². The van der Waals surface area contributed by atoms with Crippen molar-refractivity contribution in [2.45, 2.75) is 25.8 Å². The van der Waals surface area contributed by atoms with E-state index in [1.54, 1.807) is 12.1 Å². The molecule has 22 heavy (non-hydrogen) atoms. The van der Waals surface area contributed by atoms with Crippen molar-refractivity contribution >= 4 is 5.91 Å². The van der Waals surface area contributed by atoms with Crippen LogP contribution in [-0.4, -0.2) is 12.5 Å². The quantitative estimate of drug-likeness (QED) is 0.921. The topological polar surface area (TPSA) is 38.3 Å². The second-order valence-corrected chi connectivity index (χ2v) is 5.44. The number of benzene rings is 2. The molecule has 0 radical (unpaired) electrons. The number of carbonyl (C=O) groups is 1. The highest BCUT2D eigenvalue weighted by Gasteiger charge is 2.12. The minimum atomic E-state index is -0.268. The number of halogens is 1. The summed E-state index contributed by atoms with van der Waals surface area (Å²) < 4.78 is 18.3. The number of hydrogen-bond donors (Lipinski definition) is 1. The number of carbonyl (C=O) groups excluding carboxylic acids is 1. The largest absolute Gasteiger partial charge is 0.493 e. The molecule has 1 heterocycles. The van der Waals surface area contributed by atoms with Crippen molar-refractivity contribution in [2.75, 3.05) is 6.61 Å². The number of fused-ring (bicyclic) bond motifs is 1. The van der Waals surface area contributed by atoms with E-state index in [4.69, 9.17) is 4.74 Å². The smallest absolute Gasteiger partial charge is 0.220 e. The maximum Gasteiger partial charge on any atom is 0.220 e. The first-order valence-electron chi connectivity index (χ1n) is 7.46. The van der Waals surface area contributed by atoms with Gasteiger partial charge in [0.2, 0.25) is 5.91 Å². The van der Waals surface area contributed by atoms with E-state index in [1.807, 2.05) is 12.1 Å². The summed E-state index contributed by atoms with van der Waals surface area (Å²) >= 11 is 0. The van der Waals surface area contributed by atoms with Gasteiger partial charge in [0.1, 0.15) is 11.6 Å². The maximum absolute atomic E-state index is 12.8. The lowest BCUT2D eigenvalue weighted by Gasteiger charge is -2.06. The molecule has 1 aliphatic rings. The molecular weight excluding hydrogens is 281 g/mol. The molecule has 0 saturated carbocycles. The van der Waals surface area contributed by atoms with E-state index in [0.717, 1.165) is 29.9 Å². The molecule has 1 aliphatic heterocycles. The molecule has 3 nitrogen and oxygen atoms in total. The summed E-state index contributed by atoms with van der Waals surface area (Å²) in [6, 6.07) is 12.3. The Morgan fingerprint density at radius 1 is 1.14 bits per heavy atom. The lowest BCUT2D eigenvalue weighted by atomic mass is 10.0. The highest BCUT2D eigenvalue weighted by molar-refractivity contribution is 5.76. The SMILES string of the molecule is O=C(CCc1ccc2c(c1)CCO2)NCc1ccc(F)cc1. The van der Waals surface area contributed by atoms with Crippen LogP contribution in [-0.2, 0) is 24.2 Å². The summed E-state index contributed by atoms with van der Waals surface area (Å²) in [4.78, 5) is 11.9. The summed E-state index contributed by atoms with van der Waals surface area (Å²) in [5.74, 6) is 0.696. The van der Waals surface area contributed by atoms with E-state index in [0.29, 0.717) is 19.4 Å². The molecule has 1 N–H and O–H groups in total. The van der Waals surface area contributed by atoms with Crippen LogP contribution in [0.15, 0.2) is 42.5 Å². The van der Waals surface area contributed by atoms with Crippen LogP contribution in [0.5, 0.6) is 5.75 Å². The van der Waals surface area contributed by atoms with E-state index in [2.05, 4.69) is 11.4 Å². The molecule has 0 aromatic heterocycles. The van der Waals surface area contributed by atoms with E-state index in [-0.39, 0.29) is 11.7 Å². The lowest BCUT2D eigenvalue weighted by molar-refractivity contribution is -0.121. The third kappa shape index (κ3) is 3.64. The van der Waals surface area contributed by atoms with Crippen molar-refractivity contribution in [2.24, 2.45) is 0 Å². The zero-order valence-electron chi connectivity index (χ0n) is 12.3. The van der Waals surface area contributed by atoms with Crippen molar-refractivity contribution in [1.82, 2.24) is 5.32 Å². The predicted molar refractivity (Wildman–Crippen MR) is 82.2 cm³/mol. The Morgan fingerprint density at radius 2 is 1.91 bits per heavy atom. The first-order chi connectivity index (χ1) is 10.7. The third-order valence-corrected chi connectivity index (χ3v) is 3.80. The first kappa shape index (κ1) is 14.6. The van der Waals surface area contributed by atoms with Crippen molar-refractivity contribution in [3.05, 3.63) is 65.0 Å². The monoisotopic (exact) mass is 299 g/mol. The number of nitrogens with one attached hydrogen (secondary N) is 1. The zero-order chi connectivity index (χ0) is 15.4. The standard InChI is InChI=1S/C18H18FNO2/c19-16-5-1-14(2-6-16)12-20-18(21)8-4-13-3-7-17-15(11-13)9-10-22-17/h1-3,5-7,11H,4,8-10,12H2,(H,20,21). The van der Waals surface area contributed by atoms with Crippen LogP contribution in [0.25, 0.3) is 0 Å². The molecule has 4 heteroatoms. The van der Waals surface area contributed by atoms with Crippen molar-refractivity contribution < 1.29 is 13.9 Å². The summed E-state index contributed by atoms with van der Waals surface area (Å²) in [6.07, 6.45) is 2.10. The molecule has 0 unspecified atom stereocenters. The molecule has 0 bridgehead atoms. The van der Waals surface area contributed by atoms with Gasteiger partial charge in [-0.1, -0.05) is 24.3 Å². The number of amides is 1. The number of aryl methyl sites for hydroxylation is 1. The Balaban J connectivity index is 1.47. The lowest BCUT2D eigenvalue weighted by Crippen LogP contribution is -2.22. The predicted octanol–water partition coefficient (Wildman–Crippen LogP) is 3.01. The van der Waals surface area contributed by atoms with Crippen molar-refractivity contribution in [3.63, 3.8) is 0 Å². The molecule has 114 valence electrons. The van der Waals surface area contributed by atoms with Crippen molar-refractivity contribution in [3.8, 4) is 5.75 Å². The van der Waals surface area contributed by atoms with Crippen LogP contribution in [0.2, 0.25) is 0 Å². The molecule has 2 aromatic rings. The molecule has 3 rings (SSSR count). The van der Waals surface area contributed by atoms with Gasteiger partial charge in [0, 0.05) is 19.4 Å². The second kappa shape index (κ2) is 6.60. The molecule has 0 aliphatic carbocycles. The van der Waals surface area contributed by atoms with Crippen LogP contribution >= 0.6 is 0 Å². The fraction of sp³-hybridized carbons (Fsp3) is 0.278. The molecule has 0 atom stereocenters. The molecule has 0 spiro atoms. The van der Waals surface area contributed by atoms with Gasteiger partial charge in [-0.3, -0.25) is 4.79 Å². The number of ether oxygens (including phenoxy) is 1. The summed E-state index contributed by atoms with van der Waals surface area (Å²) in [5, 5.41) is 2.85. The first-order valence-corrected chi connectivity index (χ1v) is 7.46. The Labute approximate surface area is 129 Å². The van der Waals surface area contributed by atoms with E-state index >= 15 is 0 Å². The average Bonchev–Trinajstić information content (AvgIpc) is 3.00. The minimum Gasteiger partial charge on any atom is -0.493 e. The van der Waals surface area contributed by atoms with Gasteiger partial charge < -0.3 is 10.1 Å². The maximum atomic E-state index is 12.8. The van der Waals surface area contributed by atoms with Gasteiger partial charge in [-0.2, -0.15) is 0 Å². The fourth-order valence-corrected chi connectivity index (χ4v) is 2.54. The Morgan fingerprint density at radius 3 is 2.73 bits per heavy atom. The van der Waals surface area contributed by atoms with Crippen molar-refractivity contribution in [1.29, 1.82) is 0 Å². The van der Waals surface area contributed by atoms with Crippen LogP contribution < -0.4 is 10.1 Å². The Kier molecular flexibility index (Phi) is 4.37. The Bertz CT molecular complexity index is 667. The highest BCUT2D eigenvalue weighted by atomic mass is 19.1. The number of hydrogen-bond acceptors (Lipinski definition) is 2. The summed E-state index contributed by atoms with van der Waals surface area (Å²) in [7, 11) is 0.